The van der Waals surface area contributed by atoms with Crippen LogP contribution in [0.25, 0.3) is 0 Å². The second-order valence-electron chi connectivity index (χ2n) is 6.97. The van der Waals surface area contributed by atoms with Gasteiger partial charge in [0.2, 0.25) is 5.91 Å². The van der Waals surface area contributed by atoms with E-state index in [0.717, 1.165) is 31.6 Å². The number of hydrogen-bond donors (Lipinski definition) is 0. The molecule has 25 heavy (non-hydrogen) atoms. The van der Waals surface area contributed by atoms with Gasteiger partial charge in [0.1, 0.15) is 0 Å². The lowest BCUT2D eigenvalue weighted by Crippen LogP contribution is -2.34. The Morgan fingerprint density at radius 2 is 2.20 bits per heavy atom. The van der Waals surface area contributed by atoms with Gasteiger partial charge in [-0.3, -0.25) is 4.79 Å². The Bertz CT molecular complexity index is 809. The molecule has 1 fully saturated rings. The molecule has 0 aliphatic carbocycles. The van der Waals surface area contributed by atoms with Gasteiger partial charge < -0.3 is 9.80 Å². The second-order valence-corrected chi connectivity index (χ2v) is 7.75. The van der Waals surface area contributed by atoms with E-state index in [2.05, 4.69) is 59.8 Å². The number of allylic oxidation sites excluding steroid dienone is 2. The van der Waals surface area contributed by atoms with Gasteiger partial charge in [-0.15, -0.1) is 0 Å². The summed E-state index contributed by atoms with van der Waals surface area (Å²) in [5, 5.41) is 4.35. The third-order valence-electron chi connectivity index (χ3n) is 5.29. The Morgan fingerprint density at radius 3 is 2.88 bits per heavy atom. The van der Waals surface area contributed by atoms with Gasteiger partial charge in [-0.2, -0.15) is 11.3 Å². The first-order chi connectivity index (χ1) is 12.2. The van der Waals surface area contributed by atoms with Crippen LogP contribution in [0.2, 0.25) is 0 Å². The molecule has 2 aromatic rings. The highest BCUT2D eigenvalue weighted by atomic mass is 32.1. The first kappa shape index (κ1) is 16.4. The summed E-state index contributed by atoms with van der Waals surface area (Å²) in [6.07, 6.45) is 4.90. The molecule has 1 unspecified atom stereocenters. The molecule has 0 N–H and O–H groups in total. The van der Waals surface area contributed by atoms with Gasteiger partial charge in [0.25, 0.3) is 0 Å². The summed E-state index contributed by atoms with van der Waals surface area (Å²) in [4.78, 5) is 16.8. The van der Waals surface area contributed by atoms with Crippen LogP contribution < -0.4 is 9.80 Å². The van der Waals surface area contributed by atoms with Gasteiger partial charge in [-0.1, -0.05) is 25.1 Å². The normalized spacial score (nSPS) is 21.9. The Kier molecular flexibility index (Phi) is 4.38. The molecule has 2 aliphatic heterocycles. The Labute approximate surface area is 153 Å². The molecule has 0 radical (unpaired) electrons. The fourth-order valence-electron chi connectivity index (χ4n) is 4.18. The molecule has 1 saturated heterocycles. The quantitative estimate of drug-likeness (QED) is 0.778. The van der Waals surface area contributed by atoms with Gasteiger partial charge in [-0.25, -0.2) is 0 Å². The molecule has 0 saturated carbocycles. The van der Waals surface area contributed by atoms with Crippen molar-refractivity contribution >= 4 is 28.6 Å². The minimum atomic E-state index is 0.254. The zero-order chi connectivity index (χ0) is 17.4. The van der Waals surface area contributed by atoms with E-state index in [1.54, 1.807) is 11.3 Å². The van der Waals surface area contributed by atoms with Crippen LogP contribution in [0.1, 0.15) is 37.8 Å². The van der Waals surface area contributed by atoms with Crippen LogP contribution in [0.5, 0.6) is 0 Å². The number of hydrogen-bond acceptors (Lipinski definition) is 3. The van der Waals surface area contributed by atoms with Gasteiger partial charge >= 0.3 is 0 Å². The Balaban J connectivity index is 1.84. The van der Waals surface area contributed by atoms with Crippen molar-refractivity contribution in [2.24, 2.45) is 5.92 Å². The van der Waals surface area contributed by atoms with Crippen molar-refractivity contribution in [2.45, 2.75) is 39.7 Å². The van der Waals surface area contributed by atoms with Crippen LogP contribution in [0.3, 0.4) is 0 Å². The van der Waals surface area contributed by atoms with E-state index in [1.165, 1.54) is 22.5 Å². The van der Waals surface area contributed by atoms with Crippen LogP contribution in [0, 0.1) is 5.92 Å². The summed E-state index contributed by atoms with van der Waals surface area (Å²) >= 11 is 1.74. The number of carbonyl (C=O) groups is 1. The lowest BCUT2D eigenvalue weighted by molar-refractivity contribution is -0.117. The number of amides is 1. The molecule has 3 heterocycles. The van der Waals surface area contributed by atoms with E-state index in [1.807, 2.05) is 4.90 Å². The van der Waals surface area contributed by atoms with E-state index < -0.39 is 0 Å². The fraction of sp³-hybridized carbons (Fsp3) is 0.381. The van der Waals surface area contributed by atoms with Crippen molar-refractivity contribution in [3.05, 3.63) is 57.9 Å². The van der Waals surface area contributed by atoms with Crippen molar-refractivity contribution < 1.29 is 4.79 Å². The highest BCUT2D eigenvalue weighted by molar-refractivity contribution is 7.07. The van der Waals surface area contributed by atoms with E-state index >= 15 is 0 Å². The van der Waals surface area contributed by atoms with Crippen LogP contribution in [0.4, 0.5) is 11.4 Å². The average molecular weight is 353 g/mol. The van der Waals surface area contributed by atoms with Crippen molar-refractivity contribution in [3.8, 4) is 0 Å². The third-order valence-corrected chi connectivity index (χ3v) is 6.02. The maximum absolute atomic E-state index is 12.4. The fourth-order valence-corrected chi connectivity index (χ4v) is 4.84. The highest BCUT2D eigenvalue weighted by Crippen LogP contribution is 2.44. The zero-order valence-corrected chi connectivity index (χ0v) is 15.7. The number of anilines is 2. The summed E-state index contributed by atoms with van der Waals surface area (Å²) < 4.78 is 0. The molecule has 1 atom stereocenters. The maximum atomic E-state index is 12.4. The van der Waals surface area contributed by atoms with Crippen molar-refractivity contribution in [2.75, 3.05) is 16.3 Å². The molecular weight excluding hydrogens is 328 g/mol. The molecule has 1 aromatic carbocycles. The third kappa shape index (κ3) is 2.89. The number of benzene rings is 1. The number of thiophene rings is 1. The van der Waals surface area contributed by atoms with Crippen LogP contribution in [-0.2, 0) is 17.8 Å². The molecule has 4 heteroatoms. The number of rotatable bonds is 3. The van der Waals surface area contributed by atoms with Crippen molar-refractivity contribution in [1.29, 1.82) is 0 Å². The maximum Gasteiger partial charge on any atom is 0.227 e. The lowest BCUT2D eigenvalue weighted by Gasteiger charge is -2.40. The molecule has 0 bridgehead atoms. The monoisotopic (exact) mass is 352 g/mol. The van der Waals surface area contributed by atoms with Gasteiger partial charge in [-0.05, 0) is 53.8 Å². The summed E-state index contributed by atoms with van der Waals surface area (Å²) in [5.74, 6) is 0.741. The van der Waals surface area contributed by atoms with Crippen LogP contribution in [0.15, 0.2) is 46.8 Å². The summed E-state index contributed by atoms with van der Waals surface area (Å²) in [6.45, 7) is 6.12. The first-order valence-electron chi connectivity index (χ1n) is 9.06. The van der Waals surface area contributed by atoms with Gasteiger partial charge in [0.05, 0.1) is 11.4 Å². The summed E-state index contributed by atoms with van der Waals surface area (Å²) in [5.41, 5.74) is 6.35. The smallest absolute Gasteiger partial charge is 0.227 e. The first-order valence-corrected chi connectivity index (χ1v) is 10.0. The molecule has 1 amide bonds. The van der Waals surface area contributed by atoms with E-state index in [9.17, 15) is 4.79 Å². The number of para-hydroxylation sites is 1. The molecule has 0 spiro atoms. The van der Waals surface area contributed by atoms with E-state index in [4.69, 9.17) is 0 Å². The highest BCUT2D eigenvalue weighted by Gasteiger charge is 2.32. The Morgan fingerprint density at radius 1 is 1.32 bits per heavy atom. The Hall–Kier alpha value is -2.07. The van der Waals surface area contributed by atoms with Crippen molar-refractivity contribution in [1.82, 2.24) is 0 Å². The van der Waals surface area contributed by atoms with Gasteiger partial charge in [0, 0.05) is 31.1 Å². The summed E-state index contributed by atoms with van der Waals surface area (Å²) in [6, 6.07) is 8.64. The number of nitrogens with zero attached hydrogens (tertiary/aromatic N) is 2. The van der Waals surface area contributed by atoms with E-state index in [-0.39, 0.29) is 5.91 Å². The molecular formula is C21H24N2OS. The molecule has 2 aliphatic rings. The van der Waals surface area contributed by atoms with Gasteiger partial charge in [0.15, 0.2) is 0 Å². The topological polar surface area (TPSA) is 23.6 Å². The summed E-state index contributed by atoms with van der Waals surface area (Å²) in [7, 11) is 0. The van der Waals surface area contributed by atoms with Crippen LogP contribution >= 0.6 is 11.3 Å². The van der Waals surface area contributed by atoms with Crippen molar-refractivity contribution in [3.63, 3.8) is 0 Å². The lowest BCUT2D eigenvalue weighted by atomic mass is 9.89. The van der Waals surface area contributed by atoms with Crippen LogP contribution in [-0.4, -0.2) is 12.5 Å². The minimum Gasteiger partial charge on any atom is -0.339 e. The number of fused-ring (bicyclic) bond motifs is 1. The van der Waals surface area contributed by atoms with E-state index in [0.29, 0.717) is 12.3 Å². The second kappa shape index (κ2) is 6.68. The molecule has 1 aromatic heterocycles. The predicted octanol–water partition coefficient (Wildman–Crippen LogP) is 4.98. The standard InChI is InChI=1S/C21H24N2OS/c1-3-18-15(2)12-17-6-4-7-19(22-10-5-8-20(22)24)21(17)23(18)13-16-9-11-25-14-16/h3-4,6-7,9,11,14-15H,5,8,10,12-13H2,1-2H3. The SMILES string of the molecule is CC=C1C(C)Cc2cccc(N3CCCC3=O)c2N1Cc1ccsc1. The predicted molar refractivity (Wildman–Crippen MR) is 105 cm³/mol. The largest absolute Gasteiger partial charge is 0.339 e. The zero-order valence-electron chi connectivity index (χ0n) is 14.9. The number of carbonyl (C=O) groups excluding carboxylic acids is 1. The average Bonchev–Trinajstić information content (AvgIpc) is 3.26. The molecule has 130 valence electrons. The molecule has 3 nitrogen and oxygen atoms in total. The minimum absolute atomic E-state index is 0.254. The molecule has 4 rings (SSSR count).